The van der Waals surface area contributed by atoms with Crippen molar-refractivity contribution in [3.63, 3.8) is 0 Å². The first kappa shape index (κ1) is 18.9. The Labute approximate surface area is 180 Å². The van der Waals surface area contributed by atoms with Crippen molar-refractivity contribution in [2.75, 3.05) is 19.0 Å². The van der Waals surface area contributed by atoms with Crippen LogP contribution in [0.2, 0.25) is 5.02 Å². The maximum Gasteiger partial charge on any atom is 0.213 e. The predicted molar refractivity (Wildman–Crippen MR) is 118 cm³/mol. The van der Waals surface area contributed by atoms with Crippen molar-refractivity contribution in [1.29, 1.82) is 0 Å². The second-order valence-electron chi connectivity index (χ2n) is 7.79. The smallest absolute Gasteiger partial charge is 0.213 e. The van der Waals surface area contributed by atoms with Gasteiger partial charge in [0.05, 0.1) is 11.8 Å². The molecule has 3 aromatic rings. The highest BCUT2D eigenvalue weighted by Crippen LogP contribution is 2.48. The summed E-state index contributed by atoms with van der Waals surface area (Å²) in [6, 6.07) is 20.5. The minimum atomic E-state index is -0.349. The summed E-state index contributed by atoms with van der Waals surface area (Å²) >= 11 is 6.28. The molecule has 0 saturated carbocycles. The van der Waals surface area contributed by atoms with E-state index in [0.29, 0.717) is 11.4 Å². The summed E-state index contributed by atoms with van der Waals surface area (Å²) < 4.78 is 19.8. The molecular formula is C24H21ClFN3O. The third-order valence-electron chi connectivity index (χ3n) is 5.62. The minimum absolute atomic E-state index is 0.00558. The third-order valence-corrected chi connectivity index (χ3v) is 5.86. The van der Waals surface area contributed by atoms with Crippen LogP contribution in [0, 0.1) is 5.82 Å². The number of benzene rings is 3. The Balaban J connectivity index is 1.57. The van der Waals surface area contributed by atoms with Crippen LogP contribution in [0.5, 0.6) is 5.75 Å². The van der Waals surface area contributed by atoms with Gasteiger partial charge in [0, 0.05) is 42.4 Å². The zero-order valence-electron chi connectivity index (χ0n) is 16.7. The molecule has 3 aromatic carbocycles. The van der Waals surface area contributed by atoms with Crippen LogP contribution in [0.3, 0.4) is 0 Å². The molecule has 30 heavy (non-hydrogen) atoms. The van der Waals surface area contributed by atoms with Gasteiger partial charge < -0.3 is 9.64 Å². The van der Waals surface area contributed by atoms with Crippen LogP contribution in [0.25, 0.3) is 0 Å². The SMILES string of the molecule is CN(C)c1ccc([C@@H]2Oc3ccc(Cl)cc3[C@@H]3CC(c4ccc(F)cc4)=NN32)cc1. The van der Waals surface area contributed by atoms with Gasteiger partial charge in [0.25, 0.3) is 0 Å². The number of hydrogen-bond donors (Lipinski definition) is 0. The zero-order chi connectivity index (χ0) is 20.8. The highest BCUT2D eigenvalue weighted by molar-refractivity contribution is 6.30. The van der Waals surface area contributed by atoms with Crippen LogP contribution < -0.4 is 9.64 Å². The van der Waals surface area contributed by atoms with E-state index in [4.69, 9.17) is 21.4 Å². The molecule has 0 bridgehead atoms. The van der Waals surface area contributed by atoms with Crippen LogP contribution in [0.15, 0.2) is 71.8 Å². The first-order valence-corrected chi connectivity index (χ1v) is 10.2. The molecular weight excluding hydrogens is 401 g/mol. The van der Waals surface area contributed by atoms with Gasteiger partial charge in [-0.15, -0.1) is 0 Å². The van der Waals surface area contributed by atoms with Crippen LogP contribution in [0.1, 0.15) is 35.4 Å². The average Bonchev–Trinajstić information content (AvgIpc) is 3.19. The van der Waals surface area contributed by atoms with Gasteiger partial charge in [-0.05, 0) is 48.0 Å². The number of hydrogen-bond acceptors (Lipinski definition) is 4. The van der Waals surface area contributed by atoms with Crippen molar-refractivity contribution < 1.29 is 9.13 Å². The molecule has 0 radical (unpaired) electrons. The molecule has 0 aromatic heterocycles. The normalized spacial score (nSPS) is 19.6. The van der Waals surface area contributed by atoms with Gasteiger partial charge in [-0.3, -0.25) is 0 Å². The number of ether oxygens (including phenoxy) is 1. The molecule has 4 nitrogen and oxygen atoms in total. The standard InChI is InChI=1S/C24H21ClFN3O/c1-28(2)19-10-5-16(6-11-19)24-29-22(20-13-17(25)7-12-23(20)30-24)14-21(27-29)15-3-8-18(26)9-4-15/h3-13,22,24H,14H2,1-2H3/t22-,24-/m0/s1. The fourth-order valence-electron chi connectivity index (χ4n) is 4.03. The van der Waals surface area contributed by atoms with Gasteiger partial charge in [-0.1, -0.05) is 35.9 Å². The Morgan fingerprint density at radius 3 is 2.47 bits per heavy atom. The number of hydrazone groups is 1. The van der Waals surface area contributed by atoms with Crippen molar-refractivity contribution in [3.8, 4) is 5.75 Å². The van der Waals surface area contributed by atoms with E-state index in [1.54, 1.807) is 12.1 Å². The fourth-order valence-corrected chi connectivity index (χ4v) is 4.21. The summed E-state index contributed by atoms with van der Waals surface area (Å²) in [5.74, 6) is 0.562. The van der Waals surface area contributed by atoms with Crippen molar-refractivity contribution in [3.05, 3.63) is 94.3 Å². The summed E-state index contributed by atoms with van der Waals surface area (Å²) in [6.07, 6.45) is 0.354. The monoisotopic (exact) mass is 421 g/mol. The first-order chi connectivity index (χ1) is 14.5. The highest BCUT2D eigenvalue weighted by atomic mass is 35.5. The lowest BCUT2D eigenvalue weighted by molar-refractivity contribution is -0.0190. The van der Waals surface area contributed by atoms with Crippen LogP contribution in [0.4, 0.5) is 10.1 Å². The summed E-state index contributed by atoms with van der Waals surface area (Å²) in [7, 11) is 4.03. The number of anilines is 1. The number of rotatable bonds is 3. The molecule has 6 heteroatoms. The second kappa shape index (κ2) is 7.33. The van der Waals surface area contributed by atoms with E-state index >= 15 is 0 Å². The van der Waals surface area contributed by atoms with Gasteiger partial charge in [0.15, 0.2) is 0 Å². The van der Waals surface area contributed by atoms with Crippen molar-refractivity contribution >= 4 is 23.0 Å². The highest BCUT2D eigenvalue weighted by Gasteiger charge is 2.41. The quantitative estimate of drug-likeness (QED) is 0.536. The second-order valence-corrected chi connectivity index (χ2v) is 8.23. The topological polar surface area (TPSA) is 28.1 Å². The van der Waals surface area contributed by atoms with E-state index in [0.717, 1.165) is 33.8 Å². The lowest BCUT2D eigenvalue weighted by atomic mass is 9.96. The van der Waals surface area contributed by atoms with Crippen LogP contribution in [-0.4, -0.2) is 24.8 Å². The van der Waals surface area contributed by atoms with Crippen molar-refractivity contribution in [2.45, 2.75) is 18.7 Å². The third kappa shape index (κ3) is 3.29. The number of fused-ring (bicyclic) bond motifs is 3. The van der Waals surface area contributed by atoms with Gasteiger partial charge in [-0.25, -0.2) is 9.40 Å². The Kier molecular flexibility index (Phi) is 4.63. The molecule has 2 atom stereocenters. The van der Waals surface area contributed by atoms with E-state index in [-0.39, 0.29) is 18.1 Å². The average molecular weight is 422 g/mol. The molecule has 2 aliphatic heterocycles. The number of nitrogens with zero attached hydrogens (tertiary/aromatic N) is 3. The summed E-state index contributed by atoms with van der Waals surface area (Å²) in [5.41, 5.74) is 4.98. The van der Waals surface area contributed by atoms with Crippen LogP contribution >= 0.6 is 11.6 Å². The fraction of sp³-hybridized carbons (Fsp3) is 0.208. The molecule has 0 fully saturated rings. The Bertz CT molecular complexity index is 1110. The van der Waals surface area contributed by atoms with Crippen molar-refractivity contribution in [1.82, 2.24) is 5.01 Å². The molecule has 2 heterocycles. The molecule has 5 rings (SSSR count). The Hall–Kier alpha value is -3.05. The summed E-state index contributed by atoms with van der Waals surface area (Å²) in [5, 5.41) is 7.57. The lowest BCUT2D eigenvalue weighted by Gasteiger charge is -2.38. The maximum absolute atomic E-state index is 13.4. The minimum Gasteiger partial charge on any atom is -0.464 e. The zero-order valence-corrected chi connectivity index (χ0v) is 17.5. The first-order valence-electron chi connectivity index (χ1n) is 9.85. The van der Waals surface area contributed by atoms with Gasteiger partial charge in [-0.2, -0.15) is 5.10 Å². The van der Waals surface area contributed by atoms with E-state index in [9.17, 15) is 4.39 Å². The lowest BCUT2D eigenvalue weighted by Crippen LogP contribution is -2.33. The summed E-state index contributed by atoms with van der Waals surface area (Å²) in [6.45, 7) is 0. The summed E-state index contributed by atoms with van der Waals surface area (Å²) in [4.78, 5) is 2.06. The molecule has 0 unspecified atom stereocenters. The molecule has 0 N–H and O–H groups in total. The molecule has 0 amide bonds. The molecule has 0 saturated heterocycles. The molecule has 2 aliphatic rings. The van der Waals surface area contributed by atoms with Crippen molar-refractivity contribution in [2.24, 2.45) is 5.10 Å². The van der Waals surface area contributed by atoms with E-state index in [2.05, 4.69) is 29.2 Å². The maximum atomic E-state index is 13.4. The molecule has 0 aliphatic carbocycles. The van der Waals surface area contributed by atoms with Gasteiger partial charge in [0.2, 0.25) is 6.23 Å². The Morgan fingerprint density at radius 1 is 1.03 bits per heavy atom. The van der Waals surface area contributed by atoms with Gasteiger partial charge in [0.1, 0.15) is 11.6 Å². The van der Waals surface area contributed by atoms with E-state index < -0.39 is 0 Å². The largest absolute Gasteiger partial charge is 0.464 e. The van der Waals surface area contributed by atoms with E-state index in [1.807, 2.05) is 37.3 Å². The van der Waals surface area contributed by atoms with E-state index in [1.165, 1.54) is 12.1 Å². The predicted octanol–water partition coefficient (Wildman–Crippen LogP) is 5.79. The Morgan fingerprint density at radius 2 is 1.77 bits per heavy atom. The van der Waals surface area contributed by atoms with Crippen LogP contribution in [-0.2, 0) is 0 Å². The van der Waals surface area contributed by atoms with Gasteiger partial charge >= 0.3 is 0 Å². The number of halogens is 2. The molecule has 152 valence electrons. The molecule has 0 spiro atoms.